The fourth-order valence-corrected chi connectivity index (χ4v) is 8.38. The van der Waals surface area contributed by atoms with Gasteiger partial charge in [-0.3, -0.25) is 0 Å². The Hall–Kier alpha value is -3.38. The number of hydrogen-bond acceptors (Lipinski definition) is 10. The van der Waals surface area contributed by atoms with Gasteiger partial charge in [0.1, 0.15) is 11.2 Å². The Kier molecular flexibility index (Phi) is 7.86. The van der Waals surface area contributed by atoms with Crippen LogP contribution in [0, 0.1) is 5.92 Å². The van der Waals surface area contributed by atoms with Crippen molar-refractivity contribution in [3.8, 4) is 0 Å². The van der Waals surface area contributed by atoms with Crippen molar-refractivity contribution >= 4 is 24.1 Å². The Bertz CT molecular complexity index is 1420. The zero-order valence-corrected chi connectivity index (χ0v) is 27.5. The number of amides is 2. The van der Waals surface area contributed by atoms with Gasteiger partial charge >= 0.3 is 24.1 Å². The lowest BCUT2D eigenvalue weighted by Crippen LogP contribution is -2.58. The van der Waals surface area contributed by atoms with E-state index < -0.39 is 76.7 Å². The summed E-state index contributed by atoms with van der Waals surface area (Å²) < 4.78 is 23.6. The van der Waals surface area contributed by atoms with Crippen molar-refractivity contribution in [3.05, 3.63) is 34.9 Å². The van der Waals surface area contributed by atoms with Crippen LogP contribution in [0.4, 0.5) is 9.59 Å². The molecule has 0 aromatic heterocycles. The number of rotatable bonds is 3. The first kappa shape index (κ1) is 32.6. The van der Waals surface area contributed by atoms with Gasteiger partial charge in [-0.15, -0.1) is 0 Å². The molecule has 3 fully saturated rings. The number of fused-ring (bicyclic) bond motifs is 2. The average molecular weight is 643 g/mol. The molecule has 0 spiro atoms. The lowest BCUT2D eigenvalue weighted by atomic mass is 9.66. The molecule has 0 aromatic carbocycles. The fourth-order valence-electron chi connectivity index (χ4n) is 8.38. The third kappa shape index (κ3) is 5.51. The molecule has 12 heteroatoms. The SMILES string of the molecule is CC(C)(C)OC(=O)N1CCC[C@@H]1[C@]12C[C@@H](O)[C@@H](C3=C4C=C[C@H](O)C[C@]4([C@H]4CCCN4C(=O)OC(C)(C)C)OC3=O)CC1=CC(=O)O2. The summed E-state index contributed by atoms with van der Waals surface area (Å²) in [4.78, 5) is 56.5. The molecule has 6 rings (SSSR count). The maximum Gasteiger partial charge on any atom is 0.410 e. The van der Waals surface area contributed by atoms with Crippen LogP contribution in [0.5, 0.6) is 0 Å². The maximum atomic E-state index is 13.9. The van der Waals surface area contributed by atoms with Gasteiger partial charge in [0, 0.05) is 43.5 Å². The number of nitrogens with zero attached hydrogens (tertiary/aromatic N) is 2. The zero-order valence-electron chi connectivity index (χ0n) is 27.5. The standard InChI is InChI=1S/C34H46N2O10/c1-31(2,3)45-29(41)35-13-7-9-24(35)33-18-23(38)21(15-19(33)16-26(39)43-33)27-22-12-11-20(37)17-34(22,44-28(27)40)25-10-8-14-36(25)30(42)46-32(4,5)6/h11-12,16,20-21,23-25,37-38H,7-10,13-15,17-18H2,1-6H3/t20-,21-,23+,24+,25+,33-,34-/m0/s1. The second kappa shape index (κ2) is 11.1. The molecule has 7 atom stereocenters. The molecule has 1 saturated carbocycles. The van der Waals surface area contributed by atoms with E-state index in [1.807, 2.05) is 0 Å². The zero-order chi connectivity index (χ0) is 33.4. The Labute approximate surface area is 269 Å². The Morgan fingerprint density at radius 3 is 2.00 bits per heavy atom. The first-order chi connectivity index (χ1) is 21.4. The summed E-state index contributed by atoms with van der Waals surface area (Å²) in [6.45, 7) is 11.6. The van der Waals surface area contributed by atoms with E-state index in [0.29, 0.717) is 49.9 Å². The lowest BCUT2D eigenvalue weighted by Gasteiger charge is -2.47. The van der Waals surface area contributed by atoms with Crippen molar-refractivity contribution in [1.29, 1.82) is 0 Å². The monoisotopic (exact) mass is 642 g/mol. The van der Waals surface area contributed by atoms with Gasteiger partial charge in [0.05, 0.1) is 29.9 Å². The molecule has 4 heterocycles. The molecule has 252 valence electrons. The predicted octanol–water partition coefficient (Wildman–Crippen LogP) is 3.69. The molecule has 12 nitrogen and oxygen atoms in total. The van der Waals surface area contributed by atoms with Gasteiger partial charge in [-0.2, -0.15) is 0 Å². The minimum atomic E-state index is -1.32. The van der Waals surface area contributed by atoms with Gasteiger partial charge in [0.25, 0.3) is 0 Å². The van der Waals surface area contributed by atoms with E-state index in [2.05, 4.69) is 0 Å². The first-order valence-corrected chi connectivity index (χ1v) is 16.4. The Morgan fingerprint density at radius 1 is 0.870 bits per heavy atom. The smallest absolute Gasteiger partial charge is 0.410 e. The van der Waals surface area contributed by atoms with Gasteiger partial charge in [0.15, 0.2) is 11.2 Å². The molecule has 0 radical (unpaired) electrons. The van der Waals surface area contributed by atoms with Crippen LogP contribution in [0.3, 0.4) is 0 Å². The van der Waals surface area contributed by atoms with E-state index in [0.717, 1.165) is 0 Å². The lowest BCUT2D eigenvalue weighted by molar-refractivity contribution is -0.159. The molecule has 4 aliphatic heterocycles. The van der Waals surface area contributed by atoms with Gasteiger partial charge < -0.3 is 39.0 Å². The molecule has 2 aliphatic carbocycles. The van der Waals surface area contributed by atoms with E-state index in [9.17, 15) is 29.4 Å². The molecule has 0 bridgehead atoms. The fraction of sp³-hybridized carbons (Fsp3) is 0.706. The summed E-state index contributed by atoms with van der Waals surface area (Å²) in [6, 6.07) is -1.11. The Balaban J connectivity index is 1.35. The summed E-state index contributed by atoms with van der Waals surface area (Å²) in [7, 11) is 0. The van der Waals surface area contributed by atoms with Crippen LogP contribution in [-0.4, -0.2) is 104 Å². The molecule has 2 N–H and O–H groups in total. The molecule has 6 aliphatic rings. The van der Waals surface area contributed by atoms with Crippen LogP contribution in [0.15, 0.2) is 34.9 Å². The molecule has 2 amide bonds. The number of carbonyl (C=O) groups is 4. The van der Waals surface area contributed by atoms with Crippen molar-refractivity contribution < 1.29 is 48.3 Å². The highest BCUT2D eigenvalue weighted by molar-refractivity contribution is 5.96. The molecule has 2 saturated heterocycles. The van der Waals surface area contributed by atoms with Gasteiger partial charge in [-0.05, 0) is 79.2 Å². The second-order valence-corrected chi connectivity index (χ2v) is 15.5. The molecule has 46 heavy (non-hydrogen) atoms. The molecular formula is C34H46N2O10. The van der Waals surface area contributed by atoms with Gasteiger partial charge in [0.2, 0.25) is 0 Å². The van der Waals surface area contributed by atoms with Crippen LogP contribution in [0.1, 0.15) is 86.5 Å². The quantitative estimate of drug-likeness (QED) is 0.344. The molecular weight excluding hydrogens is 596 g/mol. The van der Waals surface area contributed by atoms with Crippen LogP contribution in [0.2, 0.25) is 0 Å². The van der Waals surface area contributed by atoms with Crippen molar-refractivity contribution in [2.24, 2.45) is 5.92 Å². The summed E-state index contributed by atoms with van der Waals surface area (Å²) in [5.74, 6) is -1.92. The minimum Gasteiger partial charge on any atom is -0.449 e. The highest BCUT2D eigenvalue weighted by Gasteiger charge is 2.63. The van der Waals surface area contributed by atoms with Crippen LogP contribution < -0.4 is 0 Å². The van der Waals surface area contributed by atoms with Crippen molar-refractivity contribution in [3.63, 3.8) is 0 Å². The van der Waals surface area contributed by atoms with E-state index in [1.165, 1.54) is 6.08 Å². The topological polar surface area (TPSA) is 152 Å². The maximum absolute atomic E-state index is 13.9. The highest BCUT2D eigenvalue weighted by atomic mass is 16.6. The van der Waals surface area contributed by atoms with E-state index in [4.69, 9.17) is 18.9 Å². The number of hydrogen-bond donors (Lipinski definition) is 2. The van der Waals surface area contributed by atoms with Crippen LogP contribution in [0.25, 0.3) is 0 Å². The van der Waals surface area contributed by atoms with E-state index in [1.54, 1.807) is 63.5 Å². The Morgan fingerprint density at radius 2 is 1.43 bits per heavy atom. The van der Waals surface area contributed by atoms with Gasteiger partial charge in [-0.1, -0.05) is 12.2 Å². The number of aliphatic hydroxyl groups excluding tert-OH is 2. The molecule has 0 unspecified atom stereocenters. The second-order valence-electron chi connectivity index (χ2n) is 15.5. The van der Waals surface area contributed by atoms with Crippen molar-refractivity contribution in [2.45, 2.75) is 133 Å². The summed E-state index contributed by atoms with van der Waals surface area (Å²) in [6.07, 6.45) is 4.26. The van der Waals surface area contributed by atoms with Crippen molar-refractivity contribution in [1.82, 2.24) is 9.80 Å². The van der Waals surface area contributed by atoms with Crippen LogP contribution >= 0.6 is 0 Å². The summed E-state index contributed by atoms with van der Waals surface area (Å²) in [5, 5.41) is 22.6. The minimum absolute atomic E-state index is 0.0178. The third-order valence-corrected chi connectivity index (χ3v) is 9.98. The van der Waals surface area contributed by atoms with E-state index in [-0.39, 0.29) is 24.8 Å². The first-order valence-electron chi connectivity index (χ1n) is 16.4. The molecule has 0 aromatic rings. The van der Waals surface area contributed by atoms with Crippen LogP contribution in [-0.2, 0) is 28.5 Å². The predicted molar refractivity (Wildman–Crippen MR) is 163 cm³/mol. The normalized spacial score (nSPS) is 35.9. The van der Waals surface area contributed by atoms with E-state index >= 15 is 0 Å². The number of likely N-dealkylation sites (tertiary alicyclic amines) is 2. The number of esters is 2. The summed E-state index contributed by atoms with van der Waals surface area (Å²) >= 11 is 0. The number of aliphatic hydroxyl groups is 2. The summed E-state index contributed by atoms with van der Waals surface area (Å²) in [5.41, 5.74) is -2.59. The number of carbonyl (C=O) groups excluding carboxylic acids is 4. The average Bonchev–Trinajstić information content (AvgIpc) is 3.70. The largest absolute Gasteiger partial charge is 0.449 e. The third-order valence-electron chi connectivity index (χ3n) is 9.98. The van der Waals surface area contributed by atoms with Crippen molar-refractivity contribution in [2.75, 3.05) is 13.1 Å². The highest BCUT2D eigenvalue weighted by Crippen LogP contribution is 2.55. The number of ether oxygens (including phenoxy) is 4. The van der Waals surface area contributed by atoms with Gasteiger partial charge in [-0.25, -0.2) is 19.2 Å².